The van der Waals surface area contributed by atoms with Gasteiger partial charge in [0.25, 0.3) is 0 Å². The summed E-state index contributed by atoms with van der Waals surface area (Å²) in [5, 5.41) is 0. The van der Waals surface area contributed by atoms with Gasteiger partial charge in [0.05, 0.1) is 0 Å². The molecule has 2 aliphatic heterocycles. The van der Waals surface area contributed by atoms with Gasteiger partial charge in [-0.3, -0.25) is 9.80 Å². The molecular formula is C16H24N2. The summed E-state index contributed by atoms with van der Waals surface area (Å²) < 4.78 is 0. The van der Waals surface area contributed by atoms with Crippen molar-refractivity contribution in [2.45, 2.75) is 39.8 Å². The molecule has 0 amide bonds. The summed E-state index contributed by atoms with van der Waals surface area (Å²) >= 11 is 0. The van der Waals surface area contributed by atoms with Crippen molar-refractivity contribution in [3.8, 4) is 23.7 Å². The van der Waals surface area contributed by atoms with Crippen molar-refractivity contribution in [1.29, 1.82) is 0 Å². The van der Waals surface area contributed by atoms with Crippen LogP contribution in [0.4, 0.5) is 0 Å². The fourth-order valence-electron chi connectivity index (χ4n) is 2.33. The second-order valence-electron chi connectivity index (χ2n) is 6.03. The fraction of sp³-hybridized carbons (Fsp3) is 0.750. The number of hydrogen-bond acceptors (Lipinski definition) is 2. The average Bonchev–Trinajstić information content (AvgIpc) is 2.15. The van der Waals surface area contributed by atoms with E-state index in [0.717, 1.165) is 26.2 Å². The molecule has 0 unspecified atom stereocenters. The first-order valence-corrected chi connectivity index (χ1v) is 7.05. The Kier molecular flexibility index (Phi) is 4.33. The highest BCUT2D eigenvalue weighted by atomic mass is 15.2. The van der Waals surface area contributed by atoms with Crippen LogP contribution in [0.5, 0.6) is 0 Å². The first-order chi connectivity index (χ1) is 8.56. The number of likely N-dealkylation sites (tertiary alicyclic amines) is 2. The van der Waals surface area contributed by atoms with Crippen LogP contribution >= 0.6 is 0 Å². The van der Waals surface area contributed by atoms with Crippen molar-refractivity contribution in [3.63, 3.8) is 0 Å². The minimum absolute atomic E-state index is 0.551. The average molecular weight is 244 g/mol. The van der Waals surface area contributed by atoms with Crippen molar-refractivity contribution < 1.29 is 0 Å². The normalized spacial score (nSPS) is 21.9. The Hall–Kier alpha value is -0.960. The van der Waals surface area contributed by atoms with Crippen LogP contribution < -0.4 is 0 Å². The Labute approximate surface area is 112 Å². The second kappa shape index (κ2) is 5.79. The zero-order chi connectivity index (χ0) is 13.1. The number of rotatable bonds is 2. The quantitative estimate of drug-likeness (QED) is 0.682. The molecular weight excluding hydrogens is 220 g/mol. The Morgan fingerprint density at radius 2 is 1.06 bits per heavy atom. The van der Waals surface area contributed by atoms with Gasteiger partial charge in [0, 0.05) is 50.1 Å². The van der Waals surface area contributed by atoms with E-state index in [1.807, 2.05) is 0 Å². The Morgan fingerprint density at radius 3 is 1.33 bits per heavy atom. The van der Waals surface area contributed by atoms with Gasteiger partial charge < -0.3 is 0 Å². The van der Waals surface area contributed by atoms with Crippen LogP contribution in [0.25, 0.3) is 0 Å². The molecule has 0 aromatic rings. The maximum Gasteiger partial charge on any atom is 0.0467 e. The maximum atomic E-state index is 3.26. The molecule has 2 saturated heterocycles. The summed E-state index contributed by atoms with van der Waals surface area (Å²) in [4.78, 5) is 4.89. The lowest BCUT2D eigenvalue weighted by atomic mass is 9.98. The van der Waals surface area contributed by atoms with Crippen molar-refractivity contribution in [1.82, 2.24) is 9.80 Å². The van der Waals surface area contributed by atoms with Crippen LogP contribution in [0.2, 0.25) is 0 Å². The summed E-state index contributed by atoms with van der Waals surface area (Å²) in [5.41, 5.74) is 0. The van der Waals surface area contributed by atoms with Gasteiger partial charge in [-0.05, 0) is 39.5 Å². The minimum Gasteiger partial charge on any atom is -0.298 e. The van der Waals surface area contributed by atoms with Crippen LogP contribution in [0.1, 0.15) is 27.7 Å². The summed E-state index contributed by atoms with van der Waals surface area (Å²) in [7, 11) is 0. The first-order valence-electron chi connectivity index (χ1n) is 7.05. The van der Waals surface area contributed by atoms with Crippen LogP contribution in [-0.2, 0) is 0 Å². The molecule has 0 atom stereocenters. The lowest BCUT2D eigenvalue weighted by molar-refractivity contribution is 0.0989. The highest BCUT2D eigenvalue weighted by Crippen LogP contribution is 2.18. The van der Waals surface area contributed by atoms with Gasteiger partial charge in [0.15, 0.2) is 0 Å². The largest absolute Gasteiger partial charge is 0.298 e. The summed E-state index contributed by atoms with van der Waals surface area (Å²) in [6.45, 7) is 13.4. The Balaban J connectivity index is 1.66. The van der Waals surface area contributed by atoms with E-state index >= 15 is 0 Å². The molecule has 0 aromatic carbocycles. The molecule has 0 bridgehead atoms. The molecule has 98 valence electrons. The molecule has 2 heterocycles. The lowest BCUT2D eigenvalue weighted by Crippen LogP contribution is -2.49. The number of hydrogen-bond donors (Lipinski definition) is 0. The van der Waals surface area contributed by atoms with Crippen LogP contribution in [0, 0.1) is 35.5 Å². The molecule has 18 heavy (non-hydrogen) atoms. The second-order valence-corrected chi connectivity index (χ2v) is 6.03. The van der Waals surface area contributed by atoms with E-state index in [2.05, 4.69) is 61.2 Å². The third kappa shape index (κ3) is 3.29. The predicted molar refractivity (Wildman–Crippen MR) is 76.0 cm³/mol. The molecule has 2 fully saturated rings. The molecule has 2 aliphatic rings. The van der Waals surface area contributed by atoms with E-state index < -0.39 is 0 Å². The van der Waals surface area contributed by atoms with E-state index in [-0.39, 0.29) is 0 Å². The summed E-state index contributed by atoms with van der Waals surface area (Å²) in [6, 6.07) is 1.32. The van der Waals surface area contributed by atoms with Gasteiger partial charge in [0.1, 0.15) is 0 Å². The molecule has 0 saturated carbocycles. The van der Waals surface area contributed by atoms with Crippen molar-refractivity contribution >= 4 is 0 Å². The standard InChI is InChI=1S/C16H24N2/c1-13(2)17-9-15(10-17)7-5-6-8-16-11-18(12-16)14(3)4/h13-16H,9-12H2,1-4H3. The van der Waals surface area contributed by atoms with E-state index in [1.165, 1.54) is 0 Å². The van der Waals surface area contributed by atoms with Gasteiger partial charge in [-0.2, -0.15) is 0 Å². The molecule has 2 rings (SSSR count). The van der Waals surface area contributed by atoms with Crippen molar-refractivity contribution in [3.05, 3.63) is 0 Å². The highest BCUT2D eigenvalue weighted by Gasteiger charge is 2.27. The minimum atomic E-state index is 0.551. The predicted octanol–water partition coefficient (Wildman–Crippen LogP) is 1.67. The van der Waals surface area contributed by atoms with E-state index in [9.17, 15) is 0 Å². The SMILES string of the molecule is CC(C)N1CC(C#CC#CC2CN(C(C)C)C2)C1. The molecule has 0 aliphatic carbocycles. The summed E-state index contributed by atoms with van der Waals surface area (Å²) in [5.74, 6) is 13.7. The van der Waals surface area contributed by atoms with E-state index in [4.69, 9.17) is 0 Å². The van der Waals surface area contributed by atoms with Gasteiger partial charge in [-0.1, -0.05) is 11.8 Å². The third-order valence-corrected chi connectivity index (χ3v) is 3.90. The van der Waals surface area contributed by atoms with E-state index in [1.54, 1.807) is 0 Å². The zero-order valence-electron chi connectivity index (χ0n) is 12.0. The third-order valence-electron chi connectivity index (χ3n) is 3.90. The highest BCUT2D eigenvalue weighted by molar-refractivity contribution is 5.29. The molecule has 2 nitrogen and oxygen atoms in total. The lowest BCUT2D eigenvalue weighted by Gasteiger charge is -2.39. The molecule has 0 radical (unpaired) electrons. The molecule has 0 spiro atoms. The Morgan fingerprint density at radius 1 is 0.722 bits per heavy atom. The van der Waals surface area contributed by atoms with Gasteiger partial charge in [-0.25, -0.2) is 0 Å². The van der Waals surface area contributed by atoms with E-state index in [0.29, 0.717) is 23.9 Å². The van der Waals surface area contributed by atoms with Gasteiger partial charge in [-0.15, -0.1) is 0 Å². The van der Waals surface area contributed by atoms with Crippen LogP contribution in [-0.4, -0.2) is 48.1 Å². The smallest absolute Gasteiger partial charge is 0.0467 e. The van der Waals surface area contributed by atoms with Crippen molar-refractivity contribution in [2.75, 3.05) is 26.2 Å². The van der Waals surface area contributed by atoms with Crippen LogP contribution in [0.3, 0.4) is 0 Å². The molecule has 2 heteroatoms. The monoisotopic (exact) mass is 244 g/mol. The molecule has 0 aromatic heterocycles. The topological polar surface area (TPSA) is 6.48 Å². The van der Waals surface area contributed by atoms with Crippen molar-refractivity contribution in [2.24, 2.45) is 11.8 Å². The summed E-state index contributed by atoms with van der Waals surface area (Å²) in [6.07, 6.45) is 0. The number of nitrogens with zero attached hydrogens (tertiary/aromatic N) is 2. The zero-order valence-corrected chi connectivity index (χ0v) is 12.0. The van der Waals surface area contributed by atoms with Crippen LogP contribution in [0.15, 0.2) is 0 Å². The Bertz CT molecular complexity index is 350. The molecule has 0 N–H and O–H groups in total. The maximum absolute atomic E-state index is 3.26. The fourth-order valence-corrected chi connectivity index (χ4v) is 2.33. The first kappa shape index (κ1) is 13.5. The van der Waals surface area contributed by atoms with Gasteiger partial charge in [0.2, 0.25) is 0 Å². The van der Waals surface area contributed by atoms with Gasteiger partial charge >= 0.3 is 0 Å².